The summed E-state index contributed by atoms with van der Waals surface area (Å²) in [5.74, 6) is -0.0244. The molecule has 2 atom stereocenters. The van der Waals surface area contributed by atoms with Gasteiger partial charge in [-0.25, -0.2) is 12.8 Å². The van der Waals surface area contributed by atoms with Crippen LogP contribution in [0.15, 0.2) is 18.2 Å². The maximum Gasteiger partial charge on any atom is 0.152 e. The predicted octanol–water partition coefficient (Wildman–Crippen LogP) is 1.47. The van der Waals surface area contributed by atoms with Gasteiger partial charge in [0.05, 0.1) is 11.5 Å². The molecular formula is C13H19FN2O2S. The molecule has 4 nitrogen and oxygen atoms in total. The van der Waals surface area contributed by atoms with Crippen LogP contribution in [-0.2, 0) is 9.84 Å². The fraction of sp³-hybridized carbons (Fsp3) is 0.538. The van der Waals surface area contributed by atoms with Gasteiger partial charge in [0.2, 0.25) is 0 Å². The van der Waals surface area contributed by atoms with Crippen molar-refractivity contribution in [1.29, 1.82) is 0 Å². The third-order valence-electron chi connectivity index (χ3n) is 3.62. The van der Waals surface area contributed by atoms with E-state index in [0.717, 1.165) is 0 Å². The number of rotatable bonds is 3. The molecule has 1 fully saturated rings. The van der Waals surface area contributed by atoms with Crippen LogP contribution in [0.2, 0.25) is 0 Å². The largest absolute Gasteiger partial charge is 0.370 e. The van der Waals surface area contributed by atoms with E-state index in [0.29, 0.717) is 17.7 Å². The van der Waals surface area contributed by atoms with Crippen LogP contribution >= 0.6 is 0 Å². The fourth-order valence-electron chi connectivity index (χ4n) is 2.56. The first-order valence-corrected chi connectivity index (χ1v) is 8.11. The van der Waals surface area contributed by atoms with Crippen LogP contribution in [0.1, 0.15) is 24.9 Å². The quantitative estimate of drug-likeness (QED) is 0.914. The predicted molar refractivity (Wildman–Crippen MR) is 74.5 cm³/mol. The second kappa shape index (κ2) is 5.09. The standard InChI is InChI=1S/C13H19FN2O2S/c1-9(15)13-11(14)4-3-5-12(13)16(2)10-6-7-19(17,18)8-10/h3-5,9-10H,6-8,15H2,1-2H3/t9-,10?/m1/s1. The van der Waals surface area contributed by atoms with Gasteiger partial charge in [0.15, 0.2) is 9.84 Å². The van der Waals surface area contributed by atoms with Crippen molar-refractivity contribution in [3.05, 3.63) is 29.6 Å². The summed E-state index contributed by atoms with van der Waals surface area (Å²) in [4.78, 5) is 1.84. The van der Waals surface area contributed by atoms with Crippen LogP contribution < -0.4 is 10.6 Å². The van der Waals surface area contributed by atoms with E-state index < -0.39 is 15.9 Å². The lowest BCUT2D eigenvalue weighted by Crippen LogP contribution is -2.34. The highest BCUT2D eigenvalue weighted by atomic mass is 32.2. The molecule has 2 N–H and O–H groups in total. The Morgan fingerprint density at radius 3 is 2.68 bits per heavy atom. The number of sulfone groups is 1. The topological polar surface area (TPSA) is 63.4 Å². The van der Waals surface area contributed by atoms with E-state index in [9.17, 15) is 12.8 Å². The summed E-state index contributed by atoms with van der Waals surface area (Å²) in [6.07, 6.45) is 0.577. The van der Waals surface area contributed by atoms with Gasteiger partial charge in [0.1, 0.15) is 5.82 Å². The molecule has 106 valence electrons. The Hall–Kier alpha value is -1.14. The molecule has 6 heteroatoms. The molecule has 1 aromatic rings. The first-order valence-electron chi connectivity index (χ1n) is 6.29. The second-order valence-electron chi connectivity index (χ2n) is 5.13. The molecule has 0 amide bonds. The van der Waals surface area contributed by atoms with E-state index in [-0.39, 0.29) is 23.4 Å². The van der Waals surface area contributed by atoms with Crippen molar-refractivity contribution in [1.82, 2.24) is 0 Å². The molecule has 1 aliphatic heterocycles. The number of benzene rings is 1. The van der Waals surface area contributed by atoms with Crippen LogP contribution in [0.5, 0.6) is 0 Å². The first-order chi connectivity index (χ1) is 8.82. The summed E-state index contributed by atoms with van der Waals surface area (Å²) < 4.78 is 36.9. The van der Waals surface area contributed by atoms with Crippen molar-refractivity contribution < 1.29 is 12.8 Å². The molecule has 1 aromatic carbocycles. The van der Waals surface area contributed by atoms with E-state index in [4.69, 9.17) is 5.73 Å². The van der Waals surface area contributed by atoms with Crippen LogP contribution in [0.25, 0.3) is 0 Å². The highest BCUT2D eigenvalue weighted by molar-refractivity contribution is 7.91. The highest BCUT2D eigenvalue weighted by Crippen LogP contribution is 2.30. The molecule has 1 heterocycles. The van der Waals surface area contributed by atoms with Gasteiger partial charge in [0.25, 0.3) is 0 Å². The molecule has 0 aliphatic carbocycles. The number of hydrogen-bond donors (Lipinski definition) is 1. The lowest BCUT2D eigenvalue weighted by molar-refractivity contribution is 0.588. The number of nitrogens with zero attached hydrogens (tertiary/aromatic N) is 1. The maximum absolute atomic E-state index is 13.9. The molecule has 0 aromatic heterocycles. The Morgan fingerprint density at radius 2 is 2.16 bits per heavy atom. The van der Waals surface area contributed by atoms with Gasteiger partial charge in [-0.15, -0.1) is 0 Å². The molecule has 1 aliphatic rings. The molecule has 19 heavy (non-hydrogen) atoms. The van der Waals surface area contributed by atoms with Gasteiger partial charge < -0.3 is 10.6 Å². The Bertz CT molecular complexity index is 572. The number of anilines is 1. The number of hydrogen-bond acceptors (Lipinski definition) is 4. The average molecular weight is 286 g/mol. The van der Waals surface area contributed by atoms with Crippen molar-refractivity contribution in [2.75, 3.05) is 23.5 Å². The summed E-state index contributed by atoms with van der Waals surface area (Å²) >= 11 is 0. The smallest absolute Gasteiger partial charge is 0.152 e. The Labute approximate surface area is 113 Å². The highest BCUT2D eigenvalue weighted by Gasteiger charge is 2.32. The summed E-state index contributed by atoms with van der Waals surface area (Å²) in [7, 11) is -1.16. The van der Waals surface area contributed by atoms with Crippen LogP contribution in [0.3, 0.4) is 0 Å². The average Bonchev–Trinajstić information content (AvgIpc) is 2.68. The zero-order chi connectivity index (χ0) is 14.2. The van der Waals surface area contributed by atoms with Gasteiger partial charge in [-0.3, -0.25) is 0 Å². The maximum atomic E-state index is 13.9. The lowest BCUT2D eigenvalue weighted by Gasteiger charge is -2.29. The van der Waals surface area contributed by atoms with E-state index in [1.807, 2.05) is 4.90 Å². The lowest BCUT2D eigenvalue weighted by atomic mass is 10.0. The van der Waals surface area contributed by atoms with Crippen LogP contribution in [0, 0.1) is 5.82 Å². The Morgan fingerprint density at radius 1 is 1.47 bits per heavy atom. The minimum Gasteiger partial charge on any atom is -0.370 e. The second-order valence-corrected chi connectivity index (χ2v) is 7.36. The number of halogens is 1. The van der Waals surface area contributed by atoms with Gasteiger partial charge in [-0.1, -0.05) is 6.07 Å². The van der Waals surface area contributed by atoms with Crippen LogP contribution in [-0.4, -0.2) is 33.0 Å². The zero-order valence-corrected chi connectivity index (χ0v) is 12.0. The molecule has 0 radical (unpaired) electrons. The molecule has 2 rings (SSSR count). The Balaban J connectivity index is 2.34. The molecule has 0 saturated carbocycles. The minimum absolute atomic E-state index is 0.107. The van der Waals surface area contributed by atoms with Crippen LogP contribution in [0.4, 0.5) is 10.1 Å². The van der Waals surface area contributed by atoms with E-state index in [2.05, 4.69) is 0 Å². The molecule has 0 spiro atoms. The molecule has 1 unspecified atom stereocenters. The normalized spacial score (nSPS) is 23.3. The van der Waals surface area contributed by atoms with Gasteiger partial charge >= 0.3 is 0 Å². The molecular weight excluding hydrogens is 267 g/mol. The van der Waals surface area contributed by atoms with Crippen molar-refractivity contribution >= 4 is 15.5 Å². The van der Waals surface area contributed by atoms with E-state index in [1.54, 1.807) is 26.1 Å². The monoisotopic (exact) mass is 286 g/mol. The van der Waals surface area contributed by atoms with Gasteiger partial charge in [-0.05, 0) is 25.5 Å². The first kappa shape index (κ1) is 14.3. The number of nitrogens with two attached hydrogens (primary N) is 1. The van der Waals surface area contributed by atoms with Crippen molar-refractivity contribution in [3.8, 4) is 0 Å². The van der Waals surface area contributed by atoms with Crippen molar-refractivity contribution in [3.63, 3.8) is 0 Å². The summed E-state index contributed by atoms with van der Waals surface area (Å²) in [6, 6.07) is 4.24. The van der Waals surface area contributed by atoms with Crippen molar-refractivity contribution in [2.24, 2.45) is 5.73 Å². The third-order valence-corrected chi connectivity index (χ3v) is 5.37. The molecule has 0 bridgehead atoms. The Kier molecular flexibility index (Phi) is 3.82. The summed E-state index contributed by atoms with van der Waals surface area (Å²) in [5.41, 5.74) is 6.94. The summed E-state index contributed by atoms with van der Waals surface area (Å²) in [5, 5.41) is 0. The van der Waals surface area contributed by atoms with E-state index in [1.165, 1.54) is 6.07 Å². The van der Waals surface area contributed by atoms with Gasteiger partial charge in [-0.2, -0.15) is 0 Å². The fourth-order valence-corrected chi connectivity index (χ4v) is 4.34. The molecule has 1 saturated heterocycles. The zero-order valence-electron chi connectivity index (χ0n) is 11.1. The summed E-state index contributed by atoms with van der Waals surface area (Å²) in [6.45, 7) is 1.72. The minimum atomic E-state index is -2.96. The van der Waals surface area contributed by atoms with E-state index >= 15 is 0 Å². The van der Waals surface area contributed by atoms with Gasteiger partial charge in [0, 0.05) is 30.4 Å². The van der Waals surface area contributed by atoms with Crippen molar-refractivity contribution in [2.45, 2.75) is 25.4 Å². The SMILES string of the molecule is C[C@@H](N)c1c(F)cccc1N(C)C1CCS(=O)(=O)C1. The third kappa shape index (κ3) is 2.90.